The molecule has 15 heavy (non-hydrogen) atoms. The van der Waals surface area contributed by atoms with Gasteiger partial charge >= 0.3 is 0 Å². The Morgan fingerprint density at radius 3 is 2.80 bits per heavy atom. The highest BCUT2D eigenvalue weighted by Gasteiger charge is 2.12. The van der Waals surface area contributed by atoms with E-state index in [1.165, 1.54) is 4.90 Å². The Bertz CT molecular complexity index is 514. The van der Waals surface area contributed by atoms with Crippen molar-refractivity contribution in [2.45, 2.75) is 6.92 Å². The predicted octanol–water partition coefficient (Wildman–Crippen LogP) is 1.34. The minimum Gasteiger partial charge on any atom is -0.343 e. The van der Waals surface area contributed by atoms with Crippen molar-refractivity contribution in [3.8, 4) is 0 Å². The standard InChI is InChI=1S/C11H13N3O/c1-8-4-5-14-9(6-8)7-10(12-14)11(15)13(2)3/h4-7H,1-3H3. The van der Waals surface area contributed by atoms with Crippen LogP contribution in [0.15, 0.2) is 24.4 Å². The van der Waals surface area contributed by atoms with Crippen molar-refractivity contribution in [3.63, 3.8) is 0 Å². The summed E-state index contributed by atoms with van der Waals surface area (Å²) in [7, 11) is 3.44. The van der Waals surface area contributed by atoms with Crippen LogP contribution in [-0.2, 0) is 0 Å². The number of hydrogen-bond acceptors (Lipinski definition) is 2. The average Bonchev–Trinajstić information content (AvgIpc) is 2.58. The monoisotopic (exact) mass is 203 g/mol. The molecule has 0 unspecified atom stereocenters. The molecule has 2 rings (SSSR count). The summed E-state index contributed by atoms with van der Waals surface area (Å²) >= 11 is 0. The summed E-state index contributed by atoms with van der Waals surface area (Å²) in [5.41, 5.74) is 2.58. The van der Waals surface area contributed by atoms with Gasteiger partial charge in [0, 0.05) is 20.3 Å². The van der Waals surface area contributed by atoms with Crippen LogP contribution >= 0.6 is 0 Å². The molecule has 4 nitrogen and oxygen atoms in total. The lowest BCUT2D eigenvalue weighted by atomic mass is 10.2. The third-order valence-corrected chi connectivity index (χ3v) is 2.24. The lowest BCUT2D eigenvalue weighted by molar-refractivity contribution is 0.0821. The van der Waals surface area contributed by atoms with Gasteiger partial charge in [-0.3, -0.25) is 4.79 Å². The zero-order chi connectivity index (χ0) is 11.0. The number of pyridine rings is 1. The number of fused-ring (bicyclic) bond motifs is 1. The lowest BCUT2D eigenvalue weighted by Crippen LogP contribution is -2.22. The summed E-state index contributed by atoms with van der Waals surface area (Å²) < 4.78 is 1.71. The molecule has 78 valence electrons. The van der Waals surface area contributed by atoms with Gasteiger partial charge in [-0.25, -0.2) is 4.52 Å². The van der Waals surface area contributed by atoms with E-state index < -0.39 is 0 Å². The first-order chi connectivity index (χ1) is 7.08. The van der Waals surface area contributed by atoms with E-state index in [0.717, 1.165) is 11.1 Å². The largest absolute Gasteiger partial charge is 0.343 e. The highest BCUT2D eigenvalue weighted by molar-refractivity contribution is 5.93. The number of aryl methyl sites for hydroxylation is 1. The van der Waals surface area contributed by atoms with E-state index >= 15 is 0 Å². The molecule has 2 aromatic rings. The zero-order valence-corrected chi connectivity index (χ0v) is 9.06. The highest BCUT2D eigenvalue weighted by Crippen LogP contribution is 2.09. The second-order valence-electron chi connectivity index (χ2n) is 3.80. The molecule has 0 aliphatic heterocycles. The number of nitrogens with zero attached hydrogens (tertiary/aromatic N) is 3. The quantitative estimate of drug-likeness (QED) is 0.701. The fraction of sp³-hybridized carbons (Fsp3) is 0.273. The molecular weight excluding hydrogens is 190 g/mol. The smallest absolute Gasteiger partial charge is 0.273 e. The van der Waals surface area contributed by atoms with Gasteiger partial charge in [-0.05, 0) is 30.7 Å². The molecule has 0 radical (unpaired) electrons. The summed E-state index contributed by atoms with van der Waals surface area (Å²) in [6.45, 7) is 2.01. The van der Waals surface area contributed by atoms with Crippen molar-refractivity contribution in [3.05, 3.63) is 35.7 Å². The molecule has 0 aliphatic carbocycles. The lowest BCUT2D eigenvalue weighted by Gasteiger charge is -2.06. The summed E-state index contributed by atoms with van der Waals surface area (Å²) in [6, 6.07) is 5.76. The first-order valence-electron chi connectivity index (χ1n) is 4.75. The number of amides is 1. The molecule has 2 aromatic heterocycles. The molecule has 0 aromatic carbocycles. The van der Waals surface area contributed by atoms with E-state index in [0.29, 0.717) is 5.69 Å². The van der Waals surface area contributed by atoms with Crippen LogP contribution in [0.2, 0.25) is 0 Å². The summed E-state index contributed by atoms with van der Waals surface area (Å²) in [4.78, 5) is 13.2. The minimum absolute atomic E-state index is 0.0728. The SMILES string of the molecule is Cc1ccn2nc(C(=O)N(C)C)cc2c1. The van der Waals surface area contributed by atoms with Crippen molar-refractivity contribution in [2.75, 3.05) is 14.1 Å². The summed E-state index contributed by atoms with van der Waals surface area (Å²) in [5, 5.41) is 4.20. The van der Waals surface area contributed by atoms with E-state index in [4.69, 9.17) is 0 Å². The number of carbonyl (C=O) groups excluding carboxylic acids is 1. The number of aromatic nitrogens is 2. The van der Waals surface area contributed by atoms with Gasteiger partial charge in [0.25, 0.3) is 5.91 Å². The van der Waals surface area contributed by atoms with Crippen molar-refractivity contribution >= 4 is 11.4 Å². The third kappa shape index (κ3) is 1.70. The molecule has 0 N–H and O–H groups in total. The Morgan fingerprint density at radius 2 is 2.13 bits per heavy atom. The predicted molar refractivity (Wildman–Crippen MR) is 57.9 cm³/mol. The molecule has 0 atom stereocenters. The normalized spacial score (nSPS) is 10.6. The minimum atomic E-state index is -0.0728. The molecule has 0 saturated heterocycles. The van der Waals surface area contributed by atoms with Crippen LogP contribution in [0.5, 0.6) is 0 Å². The molecule has 2 heterocycles. The van der Waals surface area contributed by atoms with Crippen LogP contribution in [0, 0.1) is 6.92 Å². The molecule has 0 spiro atoms. The fourth-order valence-electron chi connectivity index (χ4n) is 1.44. The Hall–Kier alpha value is -1.84. The molecular formula is C11H13N3O. The van der Waals surface area contributed by atoms with E-state index in [1.54, 1.807) is 24.7 Å². The highest BCUT2D eigenvalue weighted by atomic mass is 16.2. The van der Waals surface area contributed by atoms with Crippen molar-refractivity contribution in [2.24, 2.45) is 0 Å². The Labute approximate surface area is 88.1 Å². The van der Waals surface area contributed by atoms with E-state index in [-0.39, 0.29) is 5.91 Å². The number of carbonyl (C=O) groups is 1. The second-order valence-corrected chi connectivity index (χ2v) is 3.80. The van der Waals surface area contributed by atoms with Crippen LogP contribution in [0.3, 0.4) is 0 Å². The van der Waals surface area contributed by atoms with E-state index in [1.807, 2.05) is 25.3 Å². The van der Waals surface area contributed by atoms with Gasteiger partial charge in [0.05, 0.1) is 5.52 Å². The van der Waals surface area contributed by atoms with Crippen LogP contribution < -0.4 is 0 Å². The maximum Gasteiger partial charge on any atom is 0.273 e. The van der Waals surface area contributed by atoms with Gasteiger partial charge in [-0.2, -0.15) is 5.10 Å². The number of hydrogen-bond donors (Lipinski definition) is 0. The molecule has 0 bridgehead atoms. The van der Waals surface area contributed by atoms with Gasteiger partial charge in [-0.1, -0.05) is 0 Å². The van der Waals surface area contributed by atoms with Crippen LogP contribution in [0.25, 0.3) is 5.52 Å². The summed E-state index contributed by atoms with van der Waals surface area (Å²) in [6.07, 6.45) is 1.86. The number of rotatable bonds is 1. The van der Waals surface area contributed by atoms with Crippen LogP contribution in [0.4, 0.5) is 0 Å². The van der Waals surface area contributed by atoms with Gasteiger partial charge in [0.2, 0.25) is 0 Å². The first kappa shape index (κ1) is 9.71. The molecule has 1 amide bonds. The Balaban J connectivity index is 2.52. The maximum atomic E-state index is 11.6. The van der Waals surface area contributed by atoms with Crippen LogP contribution in [-0.4, -0.2) is 34.5 Å². The third-order valence-electron chi connectivity index (χ3n) is 2.24. The van der Waals surface area contributed by atoms with Crippen molar-refractivity contribution in [1.29, 1.82) is 0 Å². The van der Waals surface area contributed by atoms with Crippen molar-refractivity contribution in [1.82, 2.24) is 14.5 Å². The fourth-order valence-corrected chi connectivity index (χ4v) is 1.44. The molecule has 0 aliphatic rings. The first-order valence-corrected chi connectivity index (χ1v) is 4.75. The van der Waals surface area contributed by atoms with Gasteiger partial charge < -0.3 is 4.90 Å². The Kier molecular flexibility index (Phi) is 2.19. The summed E-state index contributed by atoms with van der Waals surface area (Å²) in [5.74, 6) is -0.0728. The average molecular weight is 203 g/mol. The van der Waals surface area contributed by atoms with Gasteiger partial charge in [0.15, 0.2) is 5.69 Å². The Morgan fingerprint density at radius 1 is 1.40 bits per heavy atom. The van der Waals surface area contributed by atoms with E-state index in [2.05, 4.69) is 5.10 Å². The zero-order valence-electron chi connectivity index (χ0n) is 9.06. The van der Waals surface area contributed by atoms with E-state index in [9.17, 15) is 4.79 Å². The molecule has 4 heteroatoms. The van der Waals surface area contributed by atoms with Gasteiger partial charge in [0.1, 0.15) is 0 Å². The molecule has 0 saturated carbocycles. The van der Waals surface area contributed by atoms with Gasteiger partial charge in [-0.15, -0.1) is 0 Å². The maximum absolute atomic E-state index is 11.6. The van der Waals surface area contributed by atoms with Crippen molar-refractivity contribution < 1.29 is 4.79 Å². The topological polar surface area (TPSA) is 37.6 Å². The second kappa shape index (κ2) is 3.38. The molecule has 0 fully saturated rings. The van der Waals surface area contributed by atoms with Crippen LogP contribution in [0.1, 0.15) is 16.1 Å².